The van der Waals surface area contributed by atoms with Crippen LogP contribution in [0.2, 0.25) is 5.02 Å². The Morgan fingerprint density at radius 1 is 1.25 bits per heavy atom. The zero-order chi connectivity index (χ0) is 19.7. The number of anilines is 2. The van der Waals surface area contributed by atoms with Crippen molar-refractivity contribution in [1.29, 1.82) is 5.26 Å². The van der Waals surface area contributed by atoms with Crippen LogP contribution in [-0.4, -0.2) is 14.5 Å². The molecule has 4 rings (SSSR count). The van der Waals surface area contributed by atoms with E-state index in [1.165, 1.54) is 11.8 Å². The molecule has 0 aliphatic rings. The molecule has 138 valence electrons. The molecule has 4 aromatic rings. The second kappa shape index (κ2) is 7.84. The molecular formula is C20H13BrClN5S. The Hall–Kier alpha value is -2.53. The van der Waals surface area contributed by atoms with Gasteiger partial charge in [0.1, 0.15) is 16.2 Å². The first-order valence-electron chi connectivity index (χ1n) is 8.27. The molecular weight excluding hydrogens is 458 g/mol. The van der Waals surface area contributed by atoms with Crippen molar-refractivity contribution >= 4 is 61.6 Å². The zero-order valence-electron chi connectivity index (χ0n) is 14.6. The molecule has 0 bridgehead atoms. The number of rotatable bonds is 4. The van der Waals surface area contributed by atoms with Gasteiger partial charge in [-0.1, -0.05) is 41.6 Å². The van der Waals surface area contributed by atoms with E-state index in [4.69, 9.17) is 11.6 Å². The van der Waals surface area contributed by atoms with Crippen molar-refractivity contribution in [2.75, 3.05) is 5.32 Å². The Kier molecular flexibility index (Phi) is 5.27. The first kappa shape index (κ1) is 18.8. The lowest BCUT2D eigenvalue weighted by molar-refractivity contribution is 0.790. The largest absolute Gasteiger partial charge is 0.354 e. The Balaban J connectivity index is 1.71. The van der Waals surface area contributed by atoms with Crippen molar-refractivity contribution < 1.29 is 0 Å². The molecule has 8 heteroatoms. The number of nitrogens with zero attached hydrogens (tertiary/aromatic N) is 4. The number of nitrogens with one attached hydrogen (secondary N) is 1. The number of fused-ring (bicyclic) bond motifs is 1. The fourth-order valence-electron chi connectivity index (χ4n) is 2.77. The van der Waals surface area contributed by atoms with Crippen molar-refractivity contribution in [3.8, 4) is 6.07 Å². The highest BCUT2D eigenvalue weighted by molar-refractivity contribution is 9.10. The number of halogens is 2. The van der Waals surface area contributed by atoms with Crippen molar-refractivity contribution in [2.45, 2.75) is 10.1 Å². The molecule has 0 aliphatic carbocycles. The molecule has 0 aliphatic heterocycles. The lowest BCUT2D eigenvalue weighted by atomic mass is 10.1. The van der Waals surface area contributed by atoms with Crippen molar-refractivity contribution in [2.24, 2.45) is 7.05 Å². The van der Waals surface area contributed by atoms with Crippen LogP contribution in [0.1, 0.15) is 5.56 Å². The number of hydrogen-bond acceptors (Lipinski definition) is 5. The summed E-state index contributed by atoms with van der Waals surface area (Å²) in [6.07, 6.45) is 3.64. The molecule has 1 N–H and O–H groups in total. The SMILES string of the molecule is Cn1ccnc1Sc1ccc(Nc2c(C#N)c(Br)nc3ccccc23)cc1Cl. The number of benzene rings is 2. The number of hydrogen-bond donors (Lipinski definition) is 1. The molecule has 2 aromatic heterocycles. The summed E-state index contributed by atoms with van der Waals surface area (Å²) in [5, 5.41) is 15.3. The molecule has 0 radical (unpaired) electrons. The van der Waals surface area contributed by atoms with Crippen LogP contribution in [0.15, 0.2) is 69.5 Å². The minimum absolute atomic E-state index is 0.446. The average molecular weight is 471 g/mol. The molecule has 2 aromatic carbocycles. The number of aromatic nitrogens is 3. The van der Waals surface area contributed by atoms with Crippen LogP contribution in [0.3, 0.4) is 0 Å². The molecule has 28 heavy (non-hydrogen) atoms. The van der Waals surface area contributed by atoms with Crippen LogP contribution in [0.25, 0.3) is 10.9 Å². The van der Waals surface area contributed by atoms with Crippen LogP contribution in [0.5, 0.6) is 0 Å². The molecule has 0 saturated carbocycles. The lowest BCUT2D eigenvalue weighted by Gasteiger charge is -2.14. The predicted molar refractivity (Wildman–Crippen MR) is 116 cm³/mol. The molecule has 0 fully saturated rings. The summed E-state index contributed by atoms with van der Waals surface area (Å²) in [7, 11) is 1.94. The van der Waals surface area contributed by atoms with E-state index in [0.717, 1.165) is 26.6 Å². The second-order valence-electron chi connectivity index (χ2n) is 5.97. The fraction of sp³-hybridized carbons (Fsp3) is 0.0500. The molecule has 0 saturated heterocycles. The first-order valence-corrected chi connectivity index (χ1v) is 10.3. The molecule has 5 nitrogen and oxygen atoms in total. The van der Waals surface area contributed by atoms with Gasteiger partial charge >= 0.3 is 0 Å². The Labute approximate surface area is 179 Å². The first-order chi connectivity index (χ1) is 13.6. The quantitative estimate of drug-likeness (QED) is 0.362. The summed E-state index contributed by atoms with van der Waals surface area (Å²) < 4.78 is 2.44. The highest BCUT2D eigenvalue weighted by atomic mass is 79.9. The van der Waals surface area contributed by atoms with Crippen molar-refractivity contribution in [3.05, 3.63) is 70.0 Å². The number of aryl methyl sites for hydroxylation is 1. The monoisotopic (exact) mass is 469 g/mol. The van der Waals surface area contributed by atoms with Gasteiger partial charge in [-0.3, -0.25) is 0 Å². The van der Waals surface area contributed by atoms with Gasteiger partial charge in [-0.25, -0.2) is 9.97 Å². The van der Waals surface area contributed by atoms with E-state index in [1.54, 1.807) is 6.20 Å². The third kappa shape index (κ3) is 3.59. The molecule has 0 atom stereocenters. The van der Waals surface area contributed by atoms with Crippen molar-refractivity contribution in [1.82, 2.24) is 14.5 Å². The van der Waals surface area contributed by atoms with Gasteiger partial charge in [-0.05, 0) is 40.2 Å². The zero-order valence-corrected chi connectivity index (χ0v) is 17.8. The number of imidazole rings is 1. The molecule has 0 amide bonds. The highest BCUT2D eigenvalue weighted by Gasteiger charge is 2.14. The van der Waals surface area contributed by atoms with Gasteiger partial charge in [-0.15, -0.1) is 0 Å². The average Bonchev–Trinajstić information content (AvgIpc) is 3.08. The van der Waals surface area contributed by atoms with Crippen LogP contribution in [0, 0.1) is 11.3 Å². The van der Waals surface area contributed by atoms with E-state index in [0.29, 0.717) is 20.9 Å². The summed E-state index contributed by atoms with van der Waals surface area (Å²) in [5.74, 6) is 0. The van der Waals surface area contributed by atoms with Gasteiger partial charge in [0.05, 0.1) is 16.2 Å². The van der Waals surface area contributed by atoms with Crippen LogP contribution in [0.4, 0.5) is 11.4 Å². The third-order valence-electron chi connectivity index (χ3n) is 4.14. The Bertz CT molecular complexity index is 1230. The van der Waals surface area contributed by atoms with Gasteiger partial charge in [0.2, 0.25) is 0 Å². The van der Waals surface area contributed by atoms with E-state index < -0.39 is 0 Å². The van der Waals surface area contributed by atoms with Crippen LogP contribution < -0.4 is 5.32 Å². The summed E-state index contributed by atoms with van der Waals surface area (Å²) in [5.41, 5.74) is 2.72. The van der Waals surface area contributed by atoms with Crippen LogP contribution in [-0.2, 0) is 7.05 Å². The van der Waals surface area contributed by atoms with Gasteiger partial charge < -0.3 is 9.88 Å². The molecule has 2 heterocycles. The maximum atomic E-state index is 9.61. The smallest absolute Gasteiger partial charge is 0.172 e. The standard InChI is InChI=1S/C20H13BrClN5S/c1-27-9-8-24-20(27)28-17-7-6-12(10-15(17)22)25-18-13-4-2-3-5-16(13)26-19(21)14(18)11-23/h2-10H,1H3,(H,25,26). The summed E-state index contributed by atoms with van der Waals surface area (Å²) >= 11 is 11.4. The Morgan fingerprint density at radius 2 is 2.07 bits per heavy atom. The van der Waals surface area contributed by atoms with Gasteiger partial charge in [0.25, 0.3) is 0 Å². The van der Waals surface area contributed by atoms with Gasteiger partial charge in [-0.2, -0.15) is 5.26 Å². The fourth-order valence-corrected chi connectivity index (χ4v) is 4.35. The number of nitriles is 1. The summed E-state index contributed by atoms with van der Waals surface area (Å²) in [6.45, 7) is 0. The maximum absolute atomic E-state index is 9.61. The summed E-state index contributed by atoms with van der Waals surface area (Å²) in [6, 6.07) is 15.6. The number of pyridine rings is 1. The van der Waals surface area contributed by atoms with Crippen molar-refractivity contribution in [3.63, 3.8) is 0 Å². The van der Waals surface area contributed by atoms with E-state index in [2.05, 4.69) is 37.3 Å². The van der Waals surface area contributed by atoms with E-state index in [1.807, 2.05) is 60.3 Å². The molecule has 0 unspecified atom stereocenters. The van der Waals surface area contributed by atoms with Gasteiger partial charge in [0, 0.05) is 35.4 Å². The van der Waals surface area contributed by atoms with E-state index in [-0.39, 0.29) is 0 Å². The Morgan fingerprint density at radius 3 is 2.79 bits per heavy atom. The minimum Gasteiger partial charge on any atom is -0.354 e. The highest BCUT2D eigenvalue weighted by Crippen LogP contribution is 2.37. The second-order valence-corrected chi connectivity index (χ2v) is 8.14. The topological polar surface area (TPSA) is 66.5 Å². The molecule has 0 spiro atoms. The number of para-hydroxylation sites is 1. The van der Waals surface area contributed by atoms with Crippen LogP contribution >= 0.6 is 39.3 Å². The predicted octanol–water partition coefficient (Wildman–Crippen LogP) is 6.15. The summed E-state index contributed by atoms with van der Waals surface area (Å²) in [4.78, 5) is 9.66. The van der Waals surface area contributed by atoms with Gasteiger partial charge in [0.15, 0.2) is 5.16 Å². The maximum Gasteiger partial charge on any atom is 0.172 e. The normalized spacial score (nSPS) is 10.8. The minimum atomic E-state index is 0.446. The third-order valence-corrected chi connectivity index (χ3v) is 6.29. The van der Waals surface area contributed by atoms with E-state index in [9.17, 15) is 5.26 Å². The lowest BCUT2D eigenvalue weighted by Crippen LogP contribution is -1.98. The van der Waals surface area contributed by atoms with E-state index >= 15 is 0 Å².